The van der Waals surface area contributed by atoms with Crippen molar-refractivity contribution in [1.29, 1.82) is 0 Å². The molecule has 0 saturated carbocycles. The number of nitrogens with one attached hydrogen (secondary N) is 1. The maximum Gasteiger partial charge on any atom is 0.271 e. The van der Waals surface area contributed by atoms with Gasteiger partial charge in [-0.25, -0.2) is 0 Å². The number of nitrogens with zero attached hydrogens (tertiary/aromatic N) is 3. The lowest BCUT2D eigenvalue weighted by Crippen LogP contribution is -2.07. The van der Waals surface area contributed by atoms with Crippen LogP contribution in [-0.4, -0.2) is 21.2 Å². The van der Waals surface area contributed by atoms with Gasteiger partial charge in [0.2, 0.25) is 0 Å². The van der Waals surface area contributed by atoms with Gasteiger partial charge in [-0.1, -0.05) is 0 Å². The molecule has 6 nitrogen and oxygen atoms in total. The minimum atomic E-state index is -0.373. The van der Waals surface area contributed by atoms with Gasteiger partial charge >= 0.3 is 0 Å². The van der Waals surface area contributed by atoms with E-state index >= 15 is 0 Å². The van der Waals surface area contributed by atoms with Crippen molar-refractivity contribution in [3.8, 4) is 0 Å². The number of benzene rings is 1. The third-order valence-corrected chi connectivity index (χ3v) is 2.73. The average Bonchev–Trinajstić information content (AvgIpc) is 2.87. The number of aromatic nitrogens is 2. The molecule has 0 bridgehead atoms. The van der Waals surface area contributed by atoms with Crippen molar-refractivity contribution in [3.63, 3.8) is 0 Å². The molecule has 0 saturated heterocycles. The Labute approximate surface area is 111 Å². The zero-order valence-electron chi connectivity index (χ0n) is 10.7. The summed E-state index contributed by atoms with van der Waals surface area (Å²) in [6.07, 6.45) is 4.57. The SMILES string of the molecule is Cc1cc(NCCCn2cccn2)cc([N+](=O)[O-])c1. The van der Waals surface area contributed by atoms with E-state index in [0.29, 0.717) is 0 Å². The van der Waals surface area contributed by atoms with Gasteiger partial charge in [-0.05, 0) is 31.0 Å². The third kappa shape index (κ3) is 3.80. The van der Waals surface area contributed by atoms with Crippen LogP contribution in [0.15, 0.2) is 36.7 Å². The minimum Gasteiger partial charge on any atom is -0.385 e. The first-order valence-corrected chi connectivity index (χ1v) is 6.12. The Morgan fingerprint density at radius 2 is 2.26 bits per heavy atom. The van der Waals surface area contributed by atoms with Crippen LogP contribution in [0.1, 0.15) is 12.0 Å². The first-order chi connectivity index (χ1) is 9.15. The molecule has 2 aromatic rings. The van der Waals surface area contributed by atoms with Crippen LogP contribution in [-0.2, 0) is 6.54 Å². The lowest BCUT2D eigenvalue weighted by atomic mass is 10.2. The standard InChI is InChI=1S/C13H16N4O2/c1-11-8-12(10-13(9-11)17(18)19)14-4-2-6-16-7-3-5-15-16/h3,5,7-10,14H,2,4,6H2,1H3. The largest absolute Gasteiger partial charge is 0.385 e. The van der Waals surface area contributed by atoms with Crippen LogP contribution in [0.3, 0.4) is 0 Å². The summed E-state index contributed by atoms with van der Waals surface area (Å²) >= 11 is 0. The van der Waals surface area contributed by atoms with Crippen molar-refractivity contribution >= 4 is 11.4 Å². The first kappa shape index (κ1) is 13.1. The van der Waals surface area contributed by atoms with Gasteiger partial charge < -0.3 is 5.32 Å². The van der Waals surface area contributed by atoms with E-state index in [-0.39, 0.29) is 10.6 Å². The molecule has 1 aromatic carbocycles. The molecule has 0 aliphatic heterocycles. The van der Waals surface area contributed by atoms with Crippen molar-refractivity contribution in [1.82, 2.24) is 9.78 Å². The topological polar surface area (TPSA) is 73.0 Å². The summed E-state index contributed by atoms with van der Waals surface area (Å²) in [6.45, 7) is 3.43. The Bertz CT molecular complexity index is 552. The van der Waals surface area contributed by atoms with Crippen LogP contribution >= 0.6 is 0 Å². The van der Waals surface area contributed by atoms with Gasteiger partial charge in [0.1, 0.15) is 0 Å². The number of hydrogen-bond donors (Lipinski definition) is 1. The van der Waals surface area contributed by atoms with Crippen LogP contribution in [0.25, 0.3) is 0 Å². The van der Waals surface area contributed by atoms with E-state index in [2.05, 4.69) is 10.4 Å². The highest BCUT2D eigenvalue weighted by Crippen LogP contribution is 2.20. The maximum atomic E-state index is 10.8. The second-order valence-electron chi connectivity index (χ2n) is 4.36. The Hall–Kier alpha value is -2.37. The van der Waals surface area contributed by atoms with Crippen molar-refractivity contribution in [3.05, 3.63) is 52.3 Å². The Morgan fingerprint density at radius 3 is 2.95 bits per heavy atom. The number of anilines is 1. The maximum absolute atomic E-state index is 10.8. The normalized spacial score (nSPS) is 10.4. The average molecular weight is 260 g/mol. The number of non-ortho nitro benzene ring substituents is 1. The van der Waals surface area contributed by atoms with Crippen LogP contribution < -0.4 is 5.32 Å². The quantitative estimate of drug-likeness (QED) is 0.492. The molecule has 0 fully saturated rings. The molecule has 0 aliphatic carbocycles. The zero-order valence-corrected chi connectivity index (χ0v) is 10.7. The van der Waals surface area contributed by atoms with Gasteiger partial charge in [0, 0.05) is 43.3 Å². The number of nitro groups is 1. The van der Waals surface area contributed by atoms with Crippen molar-refractivity contribution in [2.24, 2.45) is 0 Å². The molecule has 0 spiro atoms. The molecule has 0 radical (unpaired) electrons. The van der Waals surface area contributed by atoms with E-state index in [9.17, 15) is 10.1 Å². The second kappa shape index (κ2) is 5.99. The fourth-order valence-corrected chi connectivity index (χ4v) is 1.88. The second-order valence-corrected chi connectivity index (χ2v) is 4.36. The van der Waals surface area contributed by atoms with Crippen LogP contribution in [0, 0.1) is 17.0 Å². The smallest absolute Gasteiger partial charge is 0.271 e. The van der Waals surface area contributed by atoms with Crippen LogP contribution in [0.2, 0.25) is 0 Å². The Kier molecular flexibility index (Phi) is 4.12. The number of aryl methyl sites for hydroxylation is 2. The summed E-state index contributed by atoms with van der Waals surface area (Å²) in [4.78, 5) is 10.4. The molecular weight excluding hydrogens is 244 g/mol. The van der Waals surface area contributed by atoms with Crippen molar-refractivity contribution in [2.45, 2.75) is 19.9 Å². The van der Waals surface area contributed by atoms with E-state index in [0.717, 1.165) is 30.8 Å². The van der Waals surface area contributed by atoms with Crippen LogP contribution in [0.4, 0.5) is 11.4 Å². The molecule has 0 amide bonds. The molecule has 100 valence electrons. The third-order valence-electron chi connectivity index (χ3n) is 2.73. The van der Waals surface area contributed by atoms with Gasteiger partial charge in [-0.15, -0.1) is 0 Å². The number of nitro benzene ring substituents is 1. The van der Waals surface area contributed by atoms with E-state index in [1.807, 2.05) is 29.9 Å². The molecule has 6 heteroatoms. The zero-order chi connectivity index (χ0) is 13.7. The predicted octanol–water partition coefficient (Wildman–Crippen LogP) is 2.60. The molecule has 1 N–H and O–H groups in total. The molecule has 0 aliphatic rings. The van der Waals surface area contributed by atoms with Crippen molar-refractivity contribution in [2.75, 3.05) is 11.9 Å². The fourth-order valence-electron chi connectivity index (χ4n) is 1.88. The summed E-state index contributed by atoms with van der Waals surface area (Å²) in [5.74, 6) is 0. The highest BCUT2D eigenvalue weighted by Gasteiger charge is 2.07. The summed E-state index contributed by atoms with van der Waals surface area (Å²) in [5.41, 5.74) is 1.78. The van der Waals surface area contributed by atoms with Gasteiger partial charge in [-0.3, -0.25) is 14.8 Å². The lowest BCUT2D eigenvalue weighted by molar-refractivity contribution is -0.384. The summed E-state index contributed by atoms with van der Waals surface area (Å²) in [6, 6.07) is 6.91. The van der Waals surface area contributed by atoms with Crippen molar-refractivity contribution < 1.29 is 4.92 Å². The highest BCUT2D eigenvalue weighted by molar-refractivity contribution is 5.53. The summed E-state index contributed by atoms with van der Waals surface area (Å²) in [5, 5.41) is 18.1. The van der Waals surface area contributed by atoms with Gasteiger partial charge in [0.15, 0.2) is 0 Å². The molecular formula is C13H16N4O2. The number of rotatable bonds is 6. The van der Waals surface area contributed by atoms with E-state index in [1.165, 1.54) is 0 Å². The lowest BCUT2D eigenvalue weighted by Gasteiger charge is -2.07. The Balaban J connectivity index is 1.87. The molecule has 1 aromatic heterocycles. The van der Waals surface area contributed by atoms with Gasteiger partial charge in [-0.2, -0.15) is 5.10 Å². The molecule has 0 unspecified atom stereocenters. The van der Waals surface area contributed by atoms with Gasteiger partial charge in [0.05, 0.1) is 4.92 Å². The highest BCUT2D eigenvalue weighted by atomic mass is 16.6. The fraction of sp³-hybridized carbons (Fsp3) is 0.308. The van der Waals surface area contributed by atoms with E-state index < -0.39 is 0 Å². The molecule has 2 rings (SSSR count). The first-order valence-electron chi connectivity index (χ1n) is 6.12. The Morgan fingerprint density at radius 1 is 1.42 bits per heavy atom. The predicted molar refractivity (Wildman–Crippen MR) is 73.2 cm³/mol. The van der Waals surface area contributed by atoms with E-state index in [1.54, 1.807) is 18.3 Å². The molecule has 0 atom stereocenters. The molecule has 1 heterocycles. The molecule has 19 heavy (non-hydrogen) atoms. The summed E-state index contributed by atoms with van der Waals surface area (Å²) < 4.78 is 1.86. The van der Waals surface area contributed by atoms with Crippen LogP contribution in [0.5, 0.6) is 0 Å². The minimum absolute atomic E-state index is 0.120. The summed E-state index contributed by atoms with van der Waals surface area (Å²) in [7, 11) is 0. The van der Waals surface area contributed by atoms with Gasteiger partial charge in [0.25, 0.3) is 5.69 Å². The monoisotopic (exact) mass is 260 g/mol. The van der Waals surface area contributed by atoms with E-state index in [4.69, 9.17) is 0 Å². The number of hydrogen-bond acceptors (Lipinski definition) is 4.